The largest absolute Gasteiger partial charge is 0.481 e. The number of ketones is 1. The molecule has 0 fully saturated rings. The van der Waals surface area contributed by atoms with Crippen LogP contribution in [0.3, 0.4) is 0 Å². The average molecular weight is 438 g/mol. The molecule has 8 nitrogen and oxygen atoms in total. The van der Waals surface area contributed by atoms with Gasteiger partial charge in [0.05, 0.1) is 12.1 Å². The van der Waals surface area contributed by atoms with E-state index in [-0.39, 0.29) is 24.5 Å². The molecule has 9 heteroatoms. The van der Waals surface area contributed by atoms with E-state index in [1.807, 2.05) is 44.2 Å². The highest BCUT2D eigenvalue weighted by Crippen LogP contribution is 2.10. The van der Waals surface area contributed by atoms with E-state index in [0.717, 1.165) is 12.0 Å². The molecular weight excluding hydrogens is 406 g/mol. The molecule has 30 heavy (non-hydrogen) atoms. The summed E-state index contributed by atoms with van der Waals surface area (Å²) < 4.78 is 0. The molecule has 4 N–H and O–H groups in total. The minimum absolute atomic E-state index is 0.0535. The number of thiol groups is 1. The molecule has 1 rings (SSSR count). The van der Waals surface area contributed by atoms with Crippen molar-refractivity contribution in [3.63, 3.8) is 0 Å². The van der Waals surface area contributed by atoms with Crippen LogP contribution in [0.25, 0.3) is 0 Å². The molecular formula is C21H31N3O5S. The van der Waals surface area contributed by atoms with Crippen LogP contribution in [0.4, 0.5) is 0 Å². The van der Waals surface area contributed by atoms with Crippen molar-refractivity contribution in [3.8, 4) is 0 Å². The van der Waals surface area contributed by atoms with Gasteiger partial charge in [-0.2, -0.15) is 0 Å². The quantitative estimate of drug-likeness (QED) is 0.221. The summed E-state index contributed by atoms with van der Waals surface area (Å²) in [7, 11) is 0. The van der Waals surface area contributed by atoms with E-state index < -0.39 is 35.1 Å². The van der Waals surface area contributed by atoms with Gasteiger partial charge in [0.15, 0.2) is 0 Å². The highest BCUT2D eigenvalue weighted by atomic mass is 32.1. The van der Waals surface area contributed by atoms with E-state index >= 15 is 0 Å². The normalized spacial score (nSPS) is 14.9. The number of nitrogens with one attached hydrogen (secondary N) is 3. The maximum Gasteiger partial charge on any atom is 0.303 e. The number of Topliss-reactive ketones (excluding diaryl/α,β-unsaturated/α-hetero) is 1. The Hall–Kier alpha value is -2.23. The second-order valence-corrected chi connectivity index (χ2v) is 7.78. The molecule has 1 unspecified atom stereocenters. The third-order valence-electron chi connectivity index (χ3n) is 4.92. The summed E-state index contributed by atoms with van der Waals surface area (Å²) in [6, 6.07) is 7.00. The van der Waals surface area contributed by atoms with Crippen LogP contribution in [-0.2, 0) is 25.6 Å². The Kier molecular flexibility index (Phi) is 11.3. The summed E-state index contributed by atoms with van der Waals surface area (Å²) in [6.07, 6.45) is 0.752. The lowest BCUT2D eigenvalue weighted by molar-refractivity contribution is -0.137. The zero-order valence-electron chi connectivity index (χ0n) is 17.6. The second-order valence-electron chi connectivity index (χ2n) is 7.34. The molecule has 0 spiro atoms. The van der Waals surface area contributed by atoms with E-state index in [0.29, 0.717) is 6.42 Å². The van der Waals surface area contributed by atoms with E-state index in [2.05, 4.69) is 28.8 Å². The van der Waals surface area contributed by atoms with Crippen molar-refractivity contribution in [1.82, 2.24) is 16.2 Å². The Bertz CT molecular complexity index is 729. The highest BCUT2D eigenvalue weighted by Gasteiger charge is 2.27. The first-order valence-electron chi connectivity index (χ1n) is 9.96. The number of hydrogen-bond donors (Lipinski definition) is 5. The Labute approximate surface area is 182 Å². The number of amides is 1. The van der Waals surface area contributed by atoms with Crippen LogP contribution in [0.1, 0.15) is 45.6 Å². The Balaban J connectivity index is 2.95. The van der Waals surface area contributed by atoms with Crippen LogP contribution >= 0.6 is 12.6 Å². The average Bonchev–Trinajstić information content (AvgIpc) is 2.69. The standard InChI is InChI=1S/C21H31N3O5S/c1-4-13(2)19(14(3)25)24-23-17(12-15-8-6-5-7-9-15)20(28)22-16(21(29)30)10-11-18(26)27/h5-9,13,16-17,19,23-24H,4,10-12H2,1-3H3,(H,22,28)(H,26,27)(H,29,30)/t13-,16-,17-,19?/m0/s1. The number of carbonyl (C=O) groups is 4. The lowest BCUT2D eigenvalue weighted by Crippen LogP contribution is -2.58. The van der Waals surface area contributed by atoms with Gasteiger partial charge >= 0.3 is 5.97 Å². The van der Waals surface area contributed by atoms with Gasteiger partial charge in [-0.1, -0.05) is 50.6 Å². The number of benzene rings is 1. The maximum atomic E-state index is 12.9. The molecule has 0 bridgehead atoms. The van der Waals surface area contributed by atoms with Gasteiger partial charge in [-0.25, -0.2) is 10.9 Å². The molecule has 0 radical (unpaired) electrons. The summed E-state index contributed by atoms with van der Waals surface area (Å²) in [5, 5.41) is 10.8. The van der Waals surface area contributed by atoms with Crippen LogP contribution in [-0.4, -0.2) is 46.0 Å². The molecule has 4 atom stereocenters. The van der Waals surface area contributed by atoms with Crippen molar-refractivity contribution < 1.29 is 24.3 Å². The molecule has 0 aliphatic heterocycles. The molecule has 0 heterocycles. The first kappa shape index (κ1) is 25.8. The summed E-state index contributed by atoms with van der Waals surface area (Å²) in [4.78, 5) is 47.4. The zero-order chi connectivity index (χ0) is 22.7. The van der Waals surface area contributed by atoms with Crippen molar-refractivity contribution >= 4 is 35.4 Å². The molecule has 0 aliphatic rings. The minimum atomic E-state index is -1.07. The van der Waals surface area contributed by atoms with E-state index in [1.165, 1.54) is 6.92 Å². The first-order valence-corrected chi connectivity index (χ1v) is 10.4. The predicted octanol–water partition coefficient (Wildman–Crippen LogP) is 1.50. The monoisotopic (exact) mass is 437 g/mol. The maximum absolute atomic E-state index is 12.9. The molecule has 0 aromatic heterocycles. The van der Waals surface area contributed by atoms with Crippen molar-refractivity contribution in [1.29, 1.82) is 0 Å². The lowest BCUT2D eigenvalue weighted by atomic mass is 9.97. The molecule has 0 saturated heterocycles. The van der Waals surface area contributed by atoms with Gasteiger partial charge in [0, 0.05) is 6.42 Å². The van der Waals surface area contributed by atoms with Crippen molar-refractivity contribution in [2.24, 2.45) is 5.92 Å². The van der Waals surface area contributed by atoms with Gasteiger partial charge in [0.1, 0.15) is 11.8 Å². The van der Waals surface area contributed by atoms with Gasteiger partial charge in [-0.15, -0.1) is 12.6 Å². The van der Waals surface area contributed by atoms with E-state index in [4.69, 9.17) is 5.11 Å². The van der Waals surface area contributed by atoms with Gasteiger partial charge in [-0.05, 0) is 31.2 Å². The van der Waals surface area contributed by atoms with E-state index in [1.54, 1.807) is 0 Å². The Morgan fingerprint density at radius 3 is 2.20 bits per heavy atom. The fourth-order valence-corrected chi connectivity index (χ4v) is 3.12. The molecule has 1 aromatic rings. The summed E-state index contributed by atoms with van der Waals surface area (Å²) in [6.45, 7) is 5.40. The van der Waals surface area contributed by atoms with Crippen molar-refractivity contribution in [3.05, 3.63) is 35.9 Å². The van der Waals surface area contributed by atoms with Crippen molar-refractivity contribution in [2.45, 2.75) is 64.6 Å². The number of rotatable bonds is 14. The molecule has 166 valence electrons. The lowest BCUT2D eigenvalue weighted by Gasteiger charge is -2.27. The first-order chi connectivity index (χ1) is 14.1. The molecule has 1 amide bonds. The molecule has 1 aromatic carbocycles. The van der Waals surface area contributed by atoms with Gasteiger partial charge < -0.3 is 10.4 Å². The van der Waals surface area contributed by atoms with Gasteiger partial charge in [0.25, 0.3) is 0 Å². The van der Waals surface area contributed by atoms with Crippen LogP contribution < -0.4 is 16.2 Å². The SMILES string of the molecule is CC[C@H](C)C(NN[C@@H](Cc1ccccc1)C(=O)N[C@@H](CCC(=O)O)C(=O)S)C(C)=O. The fourth-order valence-electron chi connectivity index (χ4n) is 2.93. The smallest absolute Gasteiger partial charge is 0.303 e. The number of aliphatic carboxylic acids is 1. The number of carboxylic acids is 1. The van der Waals surface area contributed by atoms with Gasteiger partial charge in [0.2, 0.25) is 11.0 Å². The van der Waals surface area contributed by atoms with Crippen LogP contribution in [0, 0.1) is 5.92 Å². The number of carbonyl (C=O) groups excluding carboxylic acids is 3. The summed E-state index contributed by atoms with van der Waals surface area (Å²) in [5.41, 5.74) is 6.79. The number of hydrazine groups is 1. The third kappa shape index (κ3) is 9.06. The third-order valence-corrected chi connectivity index (χ3v) is 5.24. The number of hydrogen-bond acceptors (Lipinski definition) is 6. The summed E-state index contributed by atoms with van der Waals surface area (Å²) in [5.74, 6) is -1.56. The summed E-state index contributed by atoms with van der Waals surface area (Å²) >= 11 is 3.76. The minimum Gasteiger partial charge on any atom is -0.481 e. The van der Waals surface area contributed by atoms with Crippen LogP contribution in [0.2, 0.25) is 0 Å². The highest BCUT2D eigenvalue weighted by molar-refractivity contribution is 7.96. The molecule has 0 saturated carbocycles. The zero-order valence-corrected chi connectivity index (χ0v) is 18.4. The Morgan fingerprint density at radius 1 is 1.07 bits per heavy atom. The topological polar surface area (TPSA) is 125 Å². The van der Waals surface area contributed by atoms with E-state index in [9.17, 15) is 19.2 Å². The molecule has 0 aliphatic carbocycles. The van der Waals surface area contributed by atoms with Crippen LogP contribution in [0.15, 0.2) is 30.3 Å². The second kappa shape index (κ2) is 13.1. The van der Waals surface area contributed by atoms with Gasteiger partial charge in [-0.3, -0.25) is 19.2 Å². The fraction of sp³-hybridized carbons (Fsp3) is 0.524. The Morgan fingerprint density at radius 2 is 1.70 bits per heavy atom. The number of carboxylic acid groups (broad SMARTS) is 1. The van der Waals surface area contributed by atoms with Crippen LogP contribution in [0.5, 0.6) is 0 Å². The predicted molar refractivity (Wildman–Crippen MR) is 117 cm³/mol. The van der Waals surface area contributed by atoms with Crippen molar-refractivity contribution in [2.75, 3.05) is 0 Å².